The van der Waals surface area contributed by atoms with Crippen LogP contribution in [0.4, 0.5) is 0 Å². The number of fused-ring (bicyclic) bond motifs is 1. The van der Waals surface area contributed by atoms with Crippen molar-refractivity contribution in [3.63, 3.8) is 0 Å². The summed E-state index contributed by atoms with van der Waals surface area (Å²) in [7, 11) is 0. The zero-order valence-electron chi connectivity index (χ0n) is 11.6. The third-order valence-corrected chi connectivity index (χ3v) is 2.68. The second-order valence-electron chi connectivity index (χ2n) is 4.46. The molecule has 0 radical (unpaired) electrons. The van der Waals surface area contributed by atoms with E-state index in [9.17, 15) is 4.79 Å². The maximum atomic E-state index is 12.0. The van der Waals surface area contributed by atoms with Gasteiger partial charge in [0.05, 0.1) is 0 Å². The molecule has 0 saturated heterocycles. The highest BCUT2D eigenvalue weighted by Crippen LogP contribution is 2.07. The molecule has 1 amide bonds. The van der Waals surface area contributed by atoms with E-state index >= 15 is 0 Å². The van der Waals surface area contributed by atoms with Gasteiger partial charge in [-0.3, -0.25) is 4.79 Å². The Morgan fingerprint density at radius 2 is 2.30 bits per heavy atom. The number of rotatable bonds is 6. The third kappa shape index (κ3) is 3.31. The summed E-state index contributed by atoms with van der Waals surface area (Å²) >= 11 is 0. The molecule has 20 heavy (non-hydrogen) atoms. The van der Waals surface area contributed by atoms with Crippen LogP contribution in [-0.4, -0.2) is 50.3 Å². The summed E-state index contributed by atoms with van der Waals surface area (Å²) in [6, 6.07) is 3.39. The molecule has 0 fully saturated rings. The van der Waals surface area contributed by atoms with Crippen molar-refractivity contribution in [1.29, 1.82) is 0 Å². The van der Waals surface area contributed by atoms with Gasteiger partial charge in [-0.2, -0.15) is 4.52 Å². The number of nitrogens with zero attached hydrogens (tertiary/aromatic N) is 5. The van der Waals surface area contributed by atoms with Gasteiger partial charge in [-0.15, -0.1) is 15.3 Å². The lowest BCUT2D eigenvalue weighted by molar-refractivity contribution is -0.132. The molecule has 7 heteroatoms. The van der Waals surface area contributed by atoms with Crippen LogP contribution in [-0.2, 0) is 4.79 Å². The molecule has 0 aromatic carbocycles. The molecule has 0 aliphatic heterocycles. The normalized spacial score (nSPS) is 10.5. The van der Waals surface area contributed by atoms with E-state index in [0.29, 0.717) is 24.6 Å². The van der Waals surface area contributed by atoms with Gasteiger partial charge in [-0.1, -0.05) is 12.2 Å². The van der Waals surface area contributed by atoms with E-state index in [1.54, 1.807) is 17.0 Å². The maximum absolute atomic E-state index is 12.0. The van der Waals surface area contributed by atoms with Gasteiger partial charge in [0.15, 0.2) is 12.3 Å². The molecule has 0 saturated carbocycles. The molecule has 7 nitrogen and oxygen atoms in total. The van der Waals surface area contributed by atoms with Gasteiger partial charge in [0.1, 0.15) is 6.33 Å². The van der Waals surface area contributed by atoms with Gasteiger partial charge < -0.3 is 9.64 Å². The first kappa shape index (κ1) is 14.0. The van der Waals surface area contributed by atoms with E-state index in [1.807, 2.05) is 13.8 Å². The van der Waals surface area contributed by atoms with Crippen molar-refractivity contribution >= 4 is 11.6 Å². The van der Waals surface area contributed by atoms with Crippen LogP contribution in [0.1, 0.15) is 13.8 Å². The van der Waals surface area contributed by atoms with Crippen LogP contribution in [0.15, 0.2) is 30.6 Å². The fraction of sp³-hybridized carbons (Fsp3) is 0.385. The second kappa shape index (κ2) is 6.14. The largest absolute Gasteiger partial charge is 0.467 e. The Morgan fingerprint density at radius 1 is 1.50 bits per heavy atom. The first-order chi connectivity index (χ1) is 9.60. The number of carbonyl (C=O) groups is 1. The topological polar surface area (TPSA) is 72.6 Å². The maximum Gasteiger partial charge on any atom is 0.260 e. The van der Waals surface area contributed by atoms with Crippen LogP contribution in [0, 0.1) is 0 Å². The summed E-state index contributed by atoms with van der Waals surface area (Å²) in [5, 5.41) is 11.7. The quantitative estimate of drug-likeness (QED) is 0.733. The summed E-state index contributed by atoms with van der Waals surface area (Å²) in [5.41, 5.74) is 1.56. The molecule has 0 atom stereocenters. The molecule has 0 aliphatic carbocycles. The summed E-state index contributed by atoms with van der Waals surface area (Å²) in [5.74, 6) is 0.262. The average molecular weight is 275 g/mol. The van der Waals surface area contributed by atoms with Crippen LogP contribution >= 0.6 is 0 Å². The van der Waals surface area contributed by atoms with Gasteiger partial charge in [0, 0.05) is 19.2 Å². The Kier molecular flexibility index (Phi) is 4.29. The molecule has 0 spiro atoms. The van der Waals surface area contributed by atoms with E-state index in [-0.39, 0.29) is 12.5 Å². The van der Waals surface area contributed by atoms with Crippen molar-refractivity contribution < 1.29 is 9.53 Å². The molecule has 0 unspecified atom stereocenters. The van der Waals surface area contributed by atoms with Gasteiger partial charge >= 0.3 is 0 Å². The Morgan fingerprint density at radius 3 is 3.00 bits per heavy atom. The first-order valence-electron chi connectivity index (χ1n) is 6.32. The summed E-state index contributed by atoms with van der Waals surface area (Å²) in [4.78, 5) is 13.7. The molecular weight excluding hydrogens is 258 g/mol. The molecule has 2 heterocycles. The second-order valence-corrected chi connectivity index (χ2v) is 4.46. The Balaban J connectivity index is 1.96. The summed E-state index contributed by atoms with van der Waals surface area (Å²) < 4.78 is 6.89. The number of likely N-dealkylation sites (N-methyl/N-ethyl adjacent to an activating group) is 1. The van der Waals surface area contributed by atoms with Crippen molar-refractivity contribution in [1.82, 2.24) is 24.7 Å². The van der Waals surface area contributed by atoms with Gasteiger partial charge in [0.25, 0.3) is 5.91 Å². The zero-order chi connectivity index (χ0) is 14.5. The third-order valence-electron chi connectivity index (χ3n) is 2.68. The van der Waals surface area contributed by atoms with Gasteiger partial charge in [-0.25, -0.2) is 0 Å². The molecule has 0 N–H and O–H groups in total. The van der Waals surface area contributed by atoms with Crippen molar-refractivity contribution in [2.45, 2.75) is 13.8 Å². The van der Waals surface area contributed by atoms with Crippen LogP contribution in [0.3, 0.4) is 0 Å². The number of carbonyl (C=O) groups excluding carboxylic acids is 1. The van der Waals surface area contributed by atoms with Crippen LogP contribution < -0.4 is 4.74 Å². The molecule has 106 valence electrons. The van der Waals surface area contributed by atoms with Crippen LogP contribution in [0.25, 0.3) is 5.65 Å². The summed E-state index contributed by atoms with van der Waals surface area (Å²) in [6.45, 7) is 8.72. The lowest BCUT2D eigenvalue weighted by atomic mass is 10.3. The SMILES string of the molecule is C=C(C)CN(CC)C(=O)COc1ccc2nncn2n1. The number of hydrogen-bond acceptors (Lipinski definition) is 5. The van der Waals surface area contributed by atoms with Gasteiger partial charge in [0.2, 0.25) is 5.88 Å². The standard InChI is InChI=1S/C13H17N5O2/c1-4-17(7-10(2)3)13(19)8-20-12-6-5-11-15-14-9-18(11)16-12/h5-6,9H,2,4,7-8H2,1,3H3. The molecule has 2 rings (SSSR count). The molecule has 0 aliphatic rings. The number of amides is 1. The predicted molar refractivity (Wildman–Crippen MR) is 73.3 cm³/mol. The lowest BCUT2D eigenvalue weighted by Gasteiger charge is -2.20. The van der Waals surface area contributed by atoms with E-state index in [0.717, 1.165) is 5.57 Å². The van der Waals surface area contributed by atoms with E-state index in [1.165, 1.54) is 10.8 Å². The highest BCUT2D eigenvalue weighted by molar-refractivity contribution is 5.77. The molecule has 2 aromatic rings. The lowest BCUT2D eigenvalue weighted by Crippen LogP contribution is -2.35. The Bertz CT molecular complexity index is 622. The van der Waals surface area contributed by atoms with Crippen molar-refractivity contribution in [3.05, 3.63) is 30.6 Å². The Labute approximate surface area is 116 Å². The minimum Gasteiger partial charge on any atom is -0.467 e. The number of hydrogen-bond donors (Lipinski definition) is 0. The van der Waals surface area contributed by atoms with Crippen molar-refractivity contribution in [3.8, 4) is 5.88 Å². The zero-order valence-corrected chi connectivity index (χ0v) is 11.6. The molecule has 2 aromatic heterocycles. The molecular formula is C13H17N5O2. The average Bonchev–Trinajstić information content (AvgIpc) is 2.89. The Hall–Kier alpha value is -2.44. The number of aromatic nitrogens is 4. The minimum absolute atomic E-state index is 0.0538. The van der Waals surface area contributed by atoms with Crippen LogP contribution in [0.2, 0.25) is 0 Å². The molecule has 0 bridgehead atoms. The first-order valence-corrected chi connectivity index (χ1v) is 6.32. The highest BCUT2D eigenvalue weighted by atomic mass is 16.5. The number of ether oxygens (including phenoxy) is 1. The summed E-state index contributed by atoms with van der Waals surface area (Å²) in [6.07, 6.45) is 1.48. The van der Waals surface area contributed by atoms with Crippen molar-refractivity contribution in [2.75, 3.05) is 19.7 Å². The smallest absolute Gasteiger partial charge is 0.260 e. The fourth-order valence-corrected chi connectivity index (χ4v) is 1.72. The van der Waals surface area contributed by atoms with E-state index < -0.39 is 0 Å². The fourth-order valence-electron chi connectivity index (χ4n) is 1.72. The predicted octanol–water partition coefficient (Wildman–Crippen LogP) is 0.928. The minimum atomic E-state index is -0.0962. The van der Waals surface area contributed by atoms with Crippen molar-refractivity contribution in [2.24, 2.45) is 0 Å². The highest BCUT2D eigenvalue weighted by Gasteiger charge is 2.12. The van der Waals surface area contributed by atoms with E-state index in [4.69, 9.17) is 4.74 Å². The van der Waals surface area contributed by atoms with Crippen LogP contribution in [0.5, 0.6) is 5.88 Å². The monoisotopic (exact) mass is 275 g/mol. The van der Waals surface area contributed by atoms with E-state index in [2.05, 4.69) is 21.9 Å². The van der Waals surface area contributed by atoms with Gasteiger partial charge in [-0.05, 0) is 19.9 Å².